The summed E-state index contributed by atoms with van der Waals surface area (Å²) in [5.74, 6) is -0.246. The maximum absolute atomic E-state index is 12.4. The lowest BCUT2D eigenvalue weighted by Crippen LogP contribution is -2.29. The molecule has 1 atom stereocenters. The molecule has 2 N–H and O–H groups in total. The highest BCUT2D eigenvalue weighted by molar-refractivity contribution is 5.91. The number of nitrogens with one attached hydrogen (secondary N) is 2. The average molecular weight is 322 g/mol. The molecule has 0 spiro atoms. The predicted molar refractivity (Wildman–Crippen MR) is 94.7 cm³/mol. The zero-order chi connectivity index (χ0) is 16.9. The molecule has 124 valence electrons. The number of rotatable bonds is 5. The quantitative estimate of drug-likeness (QED) is 0.886. The SMILES string of the molecule is CC(=O)N[C@@H](CC(=O)Nc1ccc2c(c1)CCC2)c1ccccc1. The highest BCUT2D eigenvalue weighted by Gasteiger charge is 2.18. The first kappa shape index (κ1) is 16.2. The Balaban J connectivity index is 1.68. The van der Waals surface area contributed by atoms with Gasteiger partial charge >= 0.3 is 0 Å². The van der Waals surface area contributed by atoms with Crippen LogP contribution in [-0.4, -0.2) is 11.8 Å². The topological polar surface area (TPSA) is 58.2 Å². The molecule has 4 nitrogen and oxygen atoms in total. The Labute approximate surface area is 142 Å². The minimum atomic E-state index is -0.321. The van der Waals surface area contributed by atoms with Gasteiger partial charge in [0.25, 0.3) is 0 Å². The molecule has 0 heterocycles. The van der Waals surface area contributed by atoms with E-state index in [9.17, 15) is 9.59 Å². The molecule has 0 saturated carbocycles. The van der Waals surface area contributed by atoms with Gasteiger partial charge in [0.2, 0.25) is 11.8 Å². The molecule has 2 aromatic rings. The number of hydrogen-bond donors (Lipinski definition) is 2. The Morgan fingerprint density at radius 2 is 1.79 bits per heavy atom. The summed E-state index contributed by atoms with van der Waals surface area (Å²) in [4.78, 5) is 23.9. The number of anilines is 1. The van der Waals surface area contributed by atoms with Crippen LogP contribution in [0.15, 0.2) is 48.5 Å². The molecule has 2 amide bonds. The lowest BCUT2D eigenvalue weighted by molar-refractivity contribution is -0.120. The molecule has 0 radical (unpaired) electrons. The molecule has 0 aliphatic heterocycles. The van der Waals surface area contributed by atoms with Crippen LogP contribution in [0.5, 0.6) is 0 Å². The third-order valence-electron chi connectivity index (χ3n) is 4.35. The standard InChI is InChI=1S/C20H22N2O2/c1-14(23)21-19(16-6-3-2-4-7-16)13-20(24)22-18-11-10-15-8-5-9-17(15)12-18/h2-4,6-7,10-12,19H,5,8-9,13H2,1H3,(H,21,23)(H,22,24)/t19-/m0/s1. The number of carbonyl (C=O) groups is 2. The van der Waals surface area contributed by atoms with Crippen molar-refractivity contribution in [2.45, 2.75) is 38.6 Å². The Morgan fingerprint density at radius 3 is 2.54 bits per heavy atom. The Kier molecular flexibility index (Phi) is 4.94. The van der Waals surface area contributed by atoms with E-state index in [2.05, 4.69) is 22.8 Å². The molecule has 3 rings (SSSR count). The van der Waals surface area contributed by atoms with Gasteiger partial charge in [0.1, 0.15) is 0 Å². The van der Waals surface area contributed by atoms with E-state index in [4.69, 9.17) is 0 Å². The molecular formula is C20H22N2O2. The first-order valence-corrected chi connectivity index (χ1v) is 8.35. The van der Waals surface area contributed by atoms with Gasteiger partial charge in [-0.1, -0.05) is 36.4 Å². The summed E-state index contributed by atoms with van der Waals surface area (Å²) >= 11 is 0. The van der Waals surface area contributed by atoms with Crippen LogP contribution in [0.3, 0.4) is 0 Å². The molecule has 0 aromatic heterocycles. The van der Waals surface area contributed by atoms with Crippen LogP contribution in [0.2, 0.25) is 0 Å². The van der Waals surface area contributed by atoms with Gasteiger partial charge in [-0.2, -0.15) is 0 Å². The Morgan fingerprint density at radius 1 is 1.04 bits per heavy atom. The van der Waals surface area contributed by atoms with Crippen LogP contribution in [-0.2, 0) is 22.4 Å². The minimum Gasteiger partial charge on any atom is -0.349 e. The normalized spacial score (nSPS) is 13.9. The summed E-state index contributed by atoms with van der Waals surface area (Å²) in [6.07, 6.45) is 3.60. The number of amides is 2. The van der Waals surface area contributed by atoms with Crippen LogP contribution in [0, 0.1) is 0 Å². The van der Waals surface area contributed by atoms with Crippen molar-refractivity contribution >= 4 is 17.5 Å². The van der Waals surface area contributed by atoms with Crippen molar-refractivity contribution in [2.75, 3.05) is 5.32 Å². The Hall–Kier alpha value is -2.62. The zero-order valence-electron chi connectivity index (χ0n) is 13.8. The van der Waals surface area contributed by atoms with Crippen molar-refractivity contribution in [1.29, 1.82) is 0 Å². The lowest BCUT2D eigenvalue weighted by Gasteiger charge is -2.18. The summed E-state index contributed by atoms with van der Waals surface area (Å²) in [6, 6.07) is 15.4. The molecule has 0 fully saturated rings. The fraction of sp³-hybridized carbons (Fsp3) is 0.300. The number of carbonyl (C=O) groups excluding carboxylic acids is 2. The van der Waals surface area contributed by atoms with E-state index in [-0.39, 0.29) is 24.3 Å². The van der Waals surface area contributed by atoms with E-state index in [0.717, 1.165) is 24.1 Å². The van der Waals surface area contributed by atoms with Gasteiger partial charge in [-0.25, -0.2) is 0 Å². The first-order chi connectivity index (χ1) is 11.6. The second-order valence-corrected chi connectivity index (χ2v) is 6.25. The van der Waals surface area contributed by atoms with Gasteiger partial charge < -0.3 is 10.6 Å². The van der Waals surface area contributed by atoms with Crippen molar-refractivity contribution in [1.82, 2.24) is 5.32 Å². The molecule has 24 heavy (non-hydrogen) atoms. The van der Waals surface area contributed by atoms with Gasteiger partial charge in [0.05, 0.1) is 12.5 Å². The maximum atomic E-state index is 12.4. The molecule has 4 heteroatoms. The van der Waals surface area contributed by atoms with E-state index in [1.54, 1.807) is 0 Å². The van der Waals surface area contributed by atoms with Crippen LogP contribution in [0.25, 0.3) is 0 Å². The second-order valence-electron chi connectivity index (χ2n) is 6.25. The van der Waals surface area contributed by atoms with Gasteiger partial charge in [-0.15, -0.1) is 0 Å². The van der Waals surface area contributed by atoms with Crippen LogP contribution < -0.4 is 10.6 Å². The molecule has 0 saturated heterocycles. The smallest absolute Gasteiger partial charge is 0.226 e. The van der Waals surface area contributed by atoms with Crippen molar-refractivity contribution in [2.24, 2.45) is 0 Å². The van der Waals surface area contributed by atoms with Gasteiger partial charge in [-0.3, -0.25) is 9.59 Å². The fourth-order valence-corrected chi connectivity index (χ4v) is 3.23. The van der Waals surface area contributed by atoms with Crippen molar-refractivity contribution < 1.29 is 9.59 Å². The second kappa shape index (κ2) is 7.30. The summed E-state index contributed by atoms with van der Waals surface area (Å²) in [5.41, 5.74) is 4.47. The predicted octanol–water partition coefficient (Wildman–Crippen LogP) is 3.38. The molecule has 2 aromatic carbocycles. The zero-order valence-corrected chi connectivity index (χ0v) is 13.8. The highest BCUT2D eigenvalue weighted by Crippen LogP contribution is 2.25. The number of aryl methyl sites for hydroxylation is 2. The number of fused-ring (bicyclic) bond motifs is 1. The fourth-order valence-electron chi connectivity index (χ4n) is 3.23. The van der Waals surface area contributed by atoms with E-state index in [0.29, 0.717) is 0 Å². The maximum Gasteiger partial charge on any atom is 0.226 e. The number of benzene rings is 2. The average Bonchev–Trinajstić information content (AvgIpc) is 3.02. The lowest BCUT2D eigenvalue weighted by atomic mass is 10.0. The minimum absolute atomic E-state index is 0.101. The van der Waals surface area contributed by atoms with Crippen molar-refractivity contribution in [3.63, 3.8) is 0 Å². The van der Waals surface area contributed by atoms with Crippen LogP contribution in [0.4, 0.5) is 5.69 Å². The summed E-state index contributed by atoms with van der Waals surface area (Å²) in [5, 5.41) is 5.81. The monoisotopic (exact) mass is 322 g/mol. The van der Waals surface area contributed by atoms with Gasteiger partial charge in [0.15, 0.2) is 0 Å². The van der Waals surface area contributed by atoms with Crippen molar-refractivity contribution in [3.8, 4) is 0 Å². The van der Waals surface area contributed by atoms with E-state index >= 15 is 0 Å². The third kappa shape index (κ3) is 4.02. The molecule has 1 aliphatic rings. The summed E-state index contributed by atoms with van der Waals surface area (Å²) in [6.45, 7) is 1.47. The molecular weight excluding hydrogens is 300 g/mol. The highest BCUT2D eigenvalue weighted by atomic mass is 16.2. The molecule has 0 bridgehead atoms. The van der Waals surface area contributed by atoms with E-state index in [1.165, 1.54) is 24.5 Å². The molecule has 1 aliphatic carbocycles. The van der Waals surface area contributed by atoms with Gasteiger partial charge in [0, 0.05) is 12.6 Å². The summed E-state index contributed by atoms with van der Waals surface area (Å²) < 4.78 is 0. The van der Waals surface area contributed by atoms with E-state index < -0.39 is 0 Å². The van der Waals surface area contributed by atoms with Crippen LogP contribution >= 0.6 is 0 Å². The Bertz CT molecular complexity index is 741. The van der Waals surface area contributed by atoms with Crippen molar-refractivity contribution in [3.05, 3.63) is 65.2 Å². The van der Waals surface area contributed by atoms with Crippen LogP contribution in [0.1, 0.15) is 42.5 Å². The van der Waals surface area contributed by atoms with Gasteiger partial charge in [-0.05, 0) is 48.1 Å². The van der Waals surface area contributed by atoms with E-state index in [1.807, 2.05) is 36.4 Å². The molecule has 0 unspecified atom stereocenters. The first-order valence-electron chi connectivity index (χ1n) is 8.35. The largest absolute Gasteiger partial charge is 0.349 e. The summed E-state index contributed by atoms with van der Waals surface area (Å²) in [7, 11) is 0. The third-order valence-corrected chi connectivity index (χ3v) is 4.35. The number of hydrogen-bond acceptors (Lipinski definition) is 2.